The highest BCUT2D eigenvalue weighted by molar-refractivity contribution is 7.89. The van der Waals surface area contributed by atoms with Gasteiger partial charge in [-0.15, -0.1) is 0 Å². The van der Waals surface area contributed by atoms with Gasteiger partial charge in [0.15, 0.2) is 0 Å². The van der Waals surface area contributed by atoms with Gasteiger partial charge in [-0.1, -0.05) is 6.92 Å². The zero-order chi connectivity index (χ0) is 19.3. The normalized spacial score (nSPS) is 14.3. The molecule has 1 saturated heterocycles. The van der Waals surface area contributed by atoms with Crippen molar-refractivity contribution in [3.05, 3.63) is 54.1 Å². The number of rotatable bonds is 7. The lowest BCUT2D eigenvalue weighted by atomic mass is 10.2. The van der Waals surface area contributed by atoms with Crippen LogP contribution in [-0.4, -0.2) is 34.0 Å². The van der Waals surface area contributed by atoms with Crippen molar-refractivity contribution in [2.45, 2.75) is 31.1 Å². The number of anilines is 2. The van der Waals surface area contributed by atoms with E-state index in [4.69, 9.17) is 0 Å². The highest BCUT2D eigenvalue weighted by atomic mass is 32.2. The number of hydrogen-bond donors (Lipinski definition) is 2. The summed E-state index contributed by atoms with van der Waals surface area (Å²) in [6.45, 7) is 4.44. The summed E-state index contributed by atoms with van der Waals surface area (Å²) in [6, 6.07) is 13.7. The summed E-state index contributed by atoms with van der Waals surface area (Å²) in [4.78, 5) is 14.9. The number of nitrogens with one attached hydrogen (secondary N) is 2. The molecule has 2 aromatic carbocycles. The van der Waals surface area contributed by atoms with Gasteiger partial charge in [0.05, 0.1) is 4.90 Å². The first-order chi connectivity index (χ1) is 13.0. The molecular formula is C20H25N3O3S. The molecule has 1 amide bonds. The van der Waals surface area contributed by atoms with Crippen LogP contribution in [0.1, 0.15) is 36.5 Å². The highest BCUT2D eigenvalue weighted by Gasteiger charge is 2.15. The van der Waals surface area contributed by atoms with Gasteiger partial charge in [0.25, 0.3) is 5.91 Å². The second kappa shape index (κ2) is 8.54. The molecule has 2 N–H and O–H groups in total. The molecule has 0 unspecified atom stereocenters. The van der Waals surface area contributed by atoms with Gasteiger partial charge in [-0.3, -0.25) is 4.79 Å². The Bertz CT molecular complexity index is 872. The molecule has 6 nitrogen and oxygen atoms in total. The van der Waals surface area contributed by atoms with Crippen LogP contribution in [0.5, 0.6) is 0 Å². The summed E-state index contributed by atoms with van der Waals surface area (Å²) in [5, 5.41) is 2.85. The molecule has 1 heterocycles. The molecule has 1 aliphatic heterocycles. The summed E-state index contributed by atoms with van der Waals surface area (Å²) in [7, 11) is -3.52. The second-order valence-electron chi connectivity index (χ2n) is 6.62. The van der Waals surface area contributed by atoms with Gasteiger partial charge in [0.2, 0.25) is 10.0 Å². The SMILES string of the molecule is CCCNS(=O)(=O)c1ccc(C(=O)Nc2ccc(N3CCCC3)cc2)cc1. The summed E-state index contributed by atoms with van der Waals surface area (Å²) in [5.41, 5.74) is 2.29. The third kappa shape index (κ3) is 4.87. The van der Waals surface area contributed by atoms with Crippen molar-refractivity contribution in [3.8, 4) is 0 Å². The van der Waals surface area contributed by atoms with E-state index < -0.39 is 10.0 Å². The van der Waals surface area contributed by atoms with Crippen LogP contribution in [0.3, 0.4) is 0 Å². The van der Waals surface area contributed by atoms with Crippen molar-refractivity contribution in [1.29, 1.82) is 0 Å². The van der Waals surface area contributed by atoms with Crippen LogP contribution in [0.15, 0.2) is 53.4 Å². The van der Waals surface area contributed by atoms with E-state index in [0.29, 0.717) is 17.8 Å². The molecule has 27 heavy (non-hydrogen) atoms. The fourth-order valence-electron chi connectivity index (χ4n) is 3.04. The lowest BCUT2D eigenvalue weighted by molar-refractivity contribution is 0.102. The Labute approximate surface area is 160 Å². The molecule has 1 aliphatic rings. The van der Waals surface area contributed by atoms with Crippen LogP contribution in [0.2, 0.25) is 0 Å². The van der Waals surface area contributed by atoms with Gasteiger partial charge in [-0.2, -0.15) is 0 Å². The first-order valence-corrected chi connectivity index (χ1v) is 10.7. The van der Waals surface area contributed by atoms with Crippen molar-refractivity contribution in [3.63, 3.8) is 0 Å². The van der Waals surface area contributed by atoms with E-state index >= 15 is 0 Å². The maximum Gasteiger partial charge on any atom is 0.255 e. The molecule has 0 aliphatic carbocycles. The van der Waals surface area contributed by atoms with E-state index in [1.807, 2.05) is 31.2 Å². The molecule has 0 aromatic heterocycles. The fraction of sp³-hybridized carbons (Fsp3) is 0.350. The van der Waals surface area contributed by atoms with Gasteiger partial charge < -0.3 is 10.2 Å². The molecule has 0 bridgehead atoms. The number of nitrogens with zero attached hydrogens (tertiary/aromatic N) is 1. The number of hydrogen-bond acceptors (Lipinski definition) is 4. The van der Waals surface area contributed by atoms with Crippen molar-refractivity contribution < 1.29 is 13.2 Å². The minimum absolute atomic E-state index is 0.155. The van der Waals surface area contributed by atoms with E-state index in [0.717, 1.165) is 19.5 Å². The summed E-state index contributed by atoms with van der Waals surface area (Å²) >= 11 is 0. The Morgan fingerprint density at radius 1 is 1.00 bits per heavy atom. The lowest BCUT2D eigenvalue weighted by Crippen LogP contribution is -2.24. The van der Waals surface area contributed by atoms with Crippen LogP contribution in [0.25, 0.3) is 0 Å². The lowest BCUT2D eigenvalue weighted by Gasteiger charge is -2.17. The predicted molar refractivity (Wildman–Crippen MR) is 108 cm³/mol. The third-order valence-electron chi connectivity index (χ3n) is 4.57. The van der Waals surface area contributed by atoms with Crippen molar-refractivity contribution in [2.75, 3.05) is 29.9 Å². The van der Waals surface area contributed by atoms with E-state index in [-0.39, 0.29) is 10.8 Å². The van der Waals surface area contributed by atoms with Gasteiger partial charge >= 0.3 is 0 Å². The zero-order valence-corrected chi connectivity index (χ0v) is 16.3. The molecule has 3 rings (SSSR count). The zero-order valence-electron chi connectivity index (χ0n) is 15.4. The van der Waals surface area contributed by atoms with Crippen molar-refractivity contribution in [2.24, 2.45) is 0 Å². The maximum atomic E-state index is 12.4. The third-order valence-corrected chi connectivity index (χ3v) is 6.04. The topological polar surface area (TPSA) is 78.5 Å². The van der Waals surface area contributed by atoms with Crippen LogP contribution < -0.4 is 14.9 Å². The Hall–Kier alpha value is -2.38. The molecule has 0 spiro atoms. The van der Waals surface area contributed by atoms with E-state index in [1.54, 1.807) is 0 Å². The standard InChI is InChI=1S/C20H25N3O3S/c1-2-13-21-27(25,26)19-11-5-16(6-12-19)20(24)22-17-7-9-18(10-8-17)23-14-3-4-15-23/h5-12,21H,2-4,13-15H2,1H3,(H,22,24). The summed E-state index contributed by atoms with van der Waals surface area (Å²) in [5.74, 6) is -0.269. The quantitative estimate of drug-likeness (QED) is 0.765. The van der Waals surface area contributed by atoms with Gasteiger partial charge in [0, 0.05) is 36.6 Å². The number of sulfonamides is 1. The van der Waals surface area contributed by atoms with Crippen LogP contribution in [-0.2, 0) is 10.0 Å². The van der Waals surface area contributed by atoms with Crippen LogP contribution in [0.4, 0.5) is 11.4 Å². The first-order valence-electron chi connectivity index (χ1n) is 9.26. The monoisotopic (exact) mass is 387 g/mol. The van der Waals surface area contributed by atoms with E-state index in [1.165, 1.54) is 42.8 Å². The van der Waals surface area contributed by atoms with E-state index in [2.05, 4.69) is 14.9 Å². The maximum absolute atomic E-state index is 12.4. The summed E-state index contributed by atoms with van der Waals surface area (Å²) in [6.07, 6.45) is 3.16. The van der Waals surface area contributed by atoms with Crippen LogP contribution in [0, 0.1) is 0 Å². The smallest absolute Gasteiger partial charge is 0.255 e. The number of carbonyl (C=O) groups excluding carboxylic acids is 1. The number of benzene rings is 2. The first kappa shape index (κ1) is 19.4. The molecule has 2 aromatic rings. The largest absolute Gasteiger partial charge is 0.372 e. The van der Waals surface area contributed by atoms with Crippen LogP contribution >= 0.6 is 0 Å². The molecule has 0 atom stereocenters. The van der Waals surface area contributed by atoms with Crippen molar-refractivity contribution in [1.82, 2.24) is 4.72 Å². The summed E-state index contributed by atoms with van der Waals surface area (Å²) < 4.78 is 26.7. The average Bonchev–Trinajstić information content (AvgIpc) is 3.22. The molecule has 0 radical (unpaired) electrons. The van der Waals surface area contributed by atoms with Gasteiger partial charge in [-0.05, 0) is 67.8 Å². The Balaban J connectivity index is 1.64. The Morgan fingerprint density at radius 3 is 2.22 bits per heavy atom. The second-order valence-corrected chi connectivity index (χ2v) is 8.38. The fourth-order valence-corrected chi connectivity index (χ4v) is 4.17. The van der Waals surface area contributed by atoms with E-state index in [9.17, 15) is 13.2 Å². The Kier molecular flexibility index (Phi) is 6.13. The minimum atomic E-state index is -3.52. The van der Waals surface area contributed by atoms with Gasteiger partial charge in [-0.25, -0.2) is 13.1 Å². The average molecular weight is 388 g/mol. The highest BCUT2D eigenvalue weighted by Crippen LogP contribution is 2.22. The minimum Gasteiger partial charge on any atom is -0.372 e. The van der Waals surface area contributed by atoms with Gasteiger partial charge in [0.1, 0.15) is 0 Å². The molecule has 0 saturated carbocycles. The number of amides is 1. The molecular weight excluding hydrogens is 362 g/mol. The molecule has 1 fully saturated rings. The molecule has 7 heteroatoms. The predicted octanol–water partition coefficient (Wildman–Crippen LogP) is 3.23. The Morgan fingerprint density at radius 2 is 1.63 bits per heavy atom. The molecule has 144 valence electrons. The number of carbonyl (C=O) groups is 1. The van der Waals surface area contributed by atoms with Crippen molar-refractivity contribution >= 4 is 27.3 Å².